The van der Waals surface area contributed by atoms with Gasteiger partial charge >= 0.3 is 0 Å². The third-order valence-electron chi connectivity index (χ3n) is 6.03. The molecule has 3 heterocycles. The lowest BCUT2D eigenvalue weighted by Gasteiger charge is -2.25. The molecule has 1 aliphatic heterocycles. The lowest BCUT2D eigenvalue weighted by molar-refractivity contribution is 0.206. The van der Waals surface area contributed by atoms with Gasteiger partial charge in [0.2, 0.25) is 0 Å². The molecule has 5 nitrogen and oxygen atoms in total. The van der Waals surface area contributed by atoms with E-state index in [4.69, 9.17) is 4.42 Å². The zero-order valence-electron chi connectivity index (χ0n) is 16.5. The number of aryl methyl sites for hydroxylation is 1. The first-order valence-corrected chi connectivity index (χ1v) is 10.4. The van der Waals surface area contributed by atoms with Crippen molar-refractivity contribution in [2.45, 2.75) is 38.6 Å². The number of aromatic nitrogens is 1. The van der Waals surface area contributed by atoms with Gasteiger partial charge in [-0.15, -0.1) is 0 Å². The van der Waals surface area contributed by atoms with E-state index in [1.165, 1.54) is 24.8 Å². The Hall–Kier alpha value is -2.92. The second kappa shape index (κ2) is 7.84. The molecule has 3 aromatic rings. The summed E-state index contributed by atoms with van der Waals surface area (Å²) in [6.07, 6.45) is 9.17. The fourth-order valence-electron chi connectivity index (χ4n) is 4.53. The van der Waals surface area contributed by atoms with Gasteiger partial charge in [-0.05, 0) is 68.1 Å². The summed E-state index contributed by atoms with van der Waals surface area (Å²) in [6.45, 7) is 3.13. The lowest BCUT2D eigenvalue weighted by atomic mass is 9.98. The molecule has 2 aliphatic rings. The molecular weight excluding hydrogens is 362 g/mol. The van der Waals surface area contributed by atoms with Crippen LogP contribution < -0.4 is 0 Å². The van der Waals surface area contributed by atoms with Crippen LogP contribution in [0.3, 0.4) is 0 Å². The number of piperidine rings is 1. The van der Waals surface area contributed by atoms with E-state index in [1.54, 1.807) is 12.4 Å². The Morgan fingerprint density at radius 3 is 2.55 bits per heavy atom. The SMILES string of the molecule is O/N=C1\CCc2cc(-c3cc(CN4CCCCC4)oc3-c3ccncc3)ccc21. The predicted octanol–water partition coefficient (Wildman–Crippen LogP) is 5.12. The highest BCUT2D eigenvalue weighted by atomic mass is 16.4. The lowest BCUT2D eigenvalue weighted by Crippen LogP contribution is -2.28. The van der Waals surface area contributed by atoms with Crippen molar-refractivity contribution < 1.29 is 9.62 Å². The number of hydrogen-bond acceptors (Lipinski definition) is 5. The summed E-state index contributed by atoms with van der Waals surface area (Å²) in [5.41, 5.74) is 6.36. The average Bonchev–Trinajstić information content (AvgIpc) is 3.38. The molecule has 1 aliphatic carbocycles. The topological polar surface area (TPSA) is 61.9 Å². The molecule has 0 radical (unpaired) electrons. The summed E-state index contributed by atoms with van der Waals surface area (Å²) >= 11 is 0. The first kappa shape index (κ1) is 18.1. The second-order valence-electron chi connectivity index (χ2n) is 7.95. The van der Waals surface area contributed by atoms with Crippen LogP contribution in [0.15, 0.2) is 58.4 Å². The smallest absolute Gasteiger partial charge is 0.142 e. The van der Waals surface area contributed by atoms with Gasteiger partial charge < -0.3 is 9.62 Å². The van der Waals surface area contributed by atoms with E-state index < -0.39 is 0 Å². The summed E-state index contributed by atoms with van der Waals surface area (Å²) < 4.78 is 6.39. The zero-order chi connectivity index (χ0) is 19.6. The number of nitrogens with zero attached hydrogens (tertiary/aromatic N) is 3. The summed E-state index contributed by atoms with van der Waals surface area (Å²) in [6, 6.07) is 12.6. The van der Waals surface area contributed by atoms with Gasteiger partial charge in [-0.1, -0.05) is 29.8 Å². The molecule has 1 N–H and O–H groups in total. The van der Waals surface area contributed by atoms with Crippen molar-refractivity contribution in [3.63, 3.8) is 0 Å². The van der Waals surface area contributed by atoms with E-state index in [1.807, 2.05) is 12.1 Å². The fraction of sp³-hybridized carbons (Fsp3) is 0.333. The van der Waals surface area contributed by atoms with Gasteiger partial charge in [-0.3, -0.25) is 9.88 Å². The van der Waals surface area contributed by atoms with E-state index in [2.05, 4.69) is 39.3 Å². The highest BCUT2D eigenvalue weighted by Crippen LogP contribution is 2.37. The summed E-state index contributed by atoms with van der Waals surface area (Å²) in [7, 11) is 0. The Balaban J connectivity index is 1.54. The summed E-state index contributed by atoms with van der Waals surface area (Å²) in [5.74, 6) is 1.90. The minimum Gasteiger partial charge on any atom is -0.459 e. The molecule has 0 bridgehead atoms. The molecule has 2 aromatic heterocycles. The van der Waals surface area contributed by atoms with Crippen LogP contribution in [0, 0.1) is 0 Å². The van der Waals surface area contributed by atoms with E-state index in [0.29, 0.717) is 0 Å². The maximum absolute atomic E-state index is 9.21. The molecule has 148 valence electrons. The zero-order valence-corrected chi connectivity index (χ0v) is 16.5. The van der Waals surface area contributed by atoms with Gasteiger partial charge in [0.25, 0.3) is 0 Å². The summed E-state index contributed by atoms with van der Waals surface area (Å²) in [5, 5.41) is 12.7. The highest BCUT2D eigenvalue weighted by Gasteiger charge is 2.22. The van der Waals surface area contributed by atoms with Crippen molar-refractivity contribution in [1.29, 1.82) is 0 Å². The fourth-order valence-corrected chi connectivity index (χ4v) is 4.53. The van der Waals surface area contributed by atoms with Crippen LogP contribution in [0.1, 0.15) is 42.6 Å². The molecule has 5 heteroatoms. The van der Waals surface area contributed by atoms with Crippen molar-refractivity contribution in [2.75, 3.05) is 13.1 Å². The van der Waals surface area contributed by atoms with Gasteiger partial charge in [0.1, 0.15) is 11.5 Å². The standard InChI is InChI=1S/C24H25N3O2/c28-26-23-7-5-18-14-19(4-6-21(18)23)22-15-20(16-27-12-2-1-3-13-27)29-24(22)17-8-10-25-11-9-17/h4,6,8-11,14-15,28H,1-3,5,7,12-13,16H2/b26-23+. The minimum absolute atomic E-state index is 0.777. The van der Waals surface area contributed by atoms with Gasteiger partial charge in [0.15, 0.2) is 0 Å². The van der Waals surface area contributed by atoms with Crippen LogP contribution in [-0.2, 0) is 13.0 Å². The van der Waals surface area contributed by atoms with Crippen LogP contribution >= 0.6 is 0 Å². The van der Waals surface area contributed by atoms with Crippen molar-refractivity contribution in [3.8, 4) is 22.5 Å². The molecule has 0 spiro atoms. The molecule has 1 fully saturated rings. The number of furan rings is 1. The van der Waals surface area contributed by atoms with Crippen LogP contribution in [0.5, 0.6) is 0 Å². The van der Waals surface area contributed by atoms with Crippen molar-refractivity contribution in [1.82, 2.24) is 9.88 Å². The molecule has 1 saturated heterocycles. The van der Waals surface area contributed by atoms with Gasteiger partial charge in [-0.25, -0.2) is 0 Å². The molecular formula is C24H25N3O2. The van der Waals surface area contributed by atoms with Crippen molar-refractivity contribution in [3.05, 3.63) is 65.7 Å². The quantitative estimate of drug-likeness (QED) is 0.499. The molecule has 0 amide bonds. The van der Waals surface area contributed by atoms with E-state index in [9.17, 15) is 5.21 Å². The molecule has 29 heavy (non-hydrogen) atoms. The van der Waals surface area contributed by atoms with Gasteiger partial charge in [-0.2, -0.15) is 0 Å². The first-order valence-electron chi connectivity index (χ1n) is 10.4. The minimum atomic E-state index is 0.777. The van der Waals surface area contributed by atoms with E-state index >= 15 is 0 Å². The predicted molar refractivity (Wildman–Crippen MR) is 113 cm³/mol. The summed E-state index contributed by atoms with van der Waals surface area (Å²) in [4.78, 5) is 6.63. The Morgan fingerprint density at radius 1 is 0.931 bits per heavy atom. The average molecular weight is 387 g/mol. The number of pyridine rings is 1. The number of fused-ring (bicyclic) bond motifs is 1. The van der Waals surface area contributed by atoms with E-state index in [-0.39, 0.29) is 0 Å². The Labute approximate surface area is 170 Å². The largest absolute Gasteiger partial charge is 0.459 e. The van der Waals surface area contributed by atoms with Crippen LogP contribution in [0.2, 0.25) is 0 Å². The van der Waals surface area contributed by atoms with Crippen LogP contribution in [-0.4, -0.2) is 33.9 Å². The Bertz CT molecular complexity index is 1030. The van der Waals surface area contributed by atoms with E-state index in [0.717, 1.165) is 72.0 Å². The molecule has 5 rings (SSSR count). The molecule has 0 atom stereocenters. The number of rotatable bonds is 4. The number of benzene rings is 1. The third kappa shape index (κ3) is 3.58. The molecule has 0 saturated carbocycles. The monoisotopic (exact) mass is 387 g/mol. The number of oxime groups is 1. The van der Waals surface area contributed by atoms with Crippen LogP contribution in [0.25, 0.3) is 22.5 Å². The Kier molecular flexibility index (Phi) is 4.90. The maximum Gasteiger partial charge on any atom is 0.142 e. The number of likely N-dealkylation sites (tertiary alicyclic amines) is 1. The van der Waals surface area contributed by atoms with Gasteiger partial charge in [0, 0.05) is 29.1 Å². The first-order chi connectivity index (χ1) is 14.3. The van der Waals surface area contributed by atoms with Gasteiger partial charge in [0.05, 0.1) is 12.3 Å². The van der Waals surface area contributed by atoms with Crippen molar-refractivity contribution >= 4 is 5.71 Å². The Morgan fingerprint density at radius 2 is 1.76 bits per heavy atom. The molecule has 1 aromatic carbocycles. The normalized spacial score (nSPS) is 18.3. The van der Waals surface area contributed by atoms with Crippen LogP contribution in [0.4, 0.5) is 0 Å². The maximum atomic E-state index is 9.21. The number of hydrogen-bond donors (Lipinski definition) is 1. The highest BCUT2D eigenvalue weighted by molar-refractivity contribution is 6.04. The molecule has 0 unspecified atom stereocenters. The van der Waals surface area contributed by atoms with Crippen molar-refractivity contribution in [2.24, 2.45) is 5.16 Å². The third-order valence-corrected chi connectivity index (χ3v) is 6.03. The second-order valence-corrected chi connectivity index (χ2v) is 7.95.